The smallest absolute Gasteiger partial charge is 0.313 e. The predicted octanol–water partition coefficient (Wildman–Crippen LogP) is 2.75. The van der Waals surface area contributed by atoms with Gasteiger partial charge >= 0.3 is 5.69 Å². The number of hydrogen-bond donors (Lipinski definition) is 1. The number of benzene rings is 1. The number of rotatable bonds is 7. The van der Waals surface area contributed by atoms with Crippen LogP contribution in [0, 0.1) is 10.1 Å². The van der Waals surface area contributed by atoms with Gasteiger partial charge in [-0.25, -0.2) is 0 Å². The Kier molecular flexibility index (Phi) is 5.23. The van der Waals surface area contributed by atoms with E-state index in [4.69, 9.17) is 15.2 Å². The minimum Gasteiger partial charge on any atom is -0.491 e. The van der Waals surface area contributed by atoms with Crippen LogP contribution in [0.1, 0.15) is 26.7 Å². The zero-order valence-corrected chi connectivity index (χ0v) is 10.6. The van der Waals surface area contributed by atoms with E-state index in [2.05, 4.69) is 0 Å². The average molecular weight is 254 g/mol. The summed E-state index contributed by atoms with van der Waals surface area (Å²) in [5.41, 5.74) is 5.83. The van der Waals surface area contributed by atoms with Crippen LogP contribution in [0.4, 0.5) is 11.4 Å². The van der Waals surface area contributed by atoms with E-state index in [1.165, 1.54) is 12.1 Å². The second kappa shape index (κ2) is 6.68. The molecule has 2 N–H and O–H groups in total. The second-order valence-corrected chi connectivity index (χ2v) is 3.81. The van der Waals surface area contributed by atoms with Crippen molar-refractivity contribution < 1.29 is 14.4 Å². The number of anilines is 1. The van der Waals surface area contributed by atoms with Gasteiger partial charge in [0, 0.05) is 12.1 Å². The number of nitrogens with two attached hydrogens (primary N) is 1. The zero-order chi connectivity index (χ0) is 13.5. The molecule has 6 heteroatoms. The monoisotopic (exact) mass is 254 g/mol. The maximum absolute atomic E-state index is 10.9. The molecular weight excluding hydrogens is 236 g/mol. The SMILES string of the molecule is CCCOc1cc(OCCC)c([N+](=O)[O-])cc1N. The van der Waals surface area contributed by atoms with Gasteiger partial charge in [0.15, 0.2) is 0 Å². The van der Waals surface area contributed by atoms with Crippen LogP contribution in [0.15, 0.2) is 12.1 Å². The number of hydrogen-bond acceptors (Lipinski definition) is 5. The molecule has 1 aromatic carbocycles. The number of nitrogen functional groups attached to an aromatic ring is 1. The zero-order valence-electron chi connectivity index (χ0n) is 10.6. The fourth-order valence-electron chi connectivity index (χ4n) is 1.37. The molecule has 0 aliphatic carbocycles. The topological polar surface area (TPSA) is 87.6 Å². The molecule has 0 fully saturated rings. The summed E-state index contributed by atoms with van der Waals surface area (Å²) in [4.78, 5) is 10.4. The molecule has 0 saturated heterocycles. The fourth-order valence-corrected chi connectivity index (χ4v) is 1.37. The first-order chi connectivity index (χ1) is 8.60. The summed E-state index contributed by atoms with van der Waals surface area (Å²) in [7, 11) is 0. The van der Waals surface area contributed by atoms with Gasteiger partial charge in [0.05, 0.1) is 23.8 Å². The Morgan fingerprint density at radius 3 is 2.22 bits per heavy atom. The lowest BCUT2D eigenvalue weighted by atomic mass is 10.2. The summed E-state index contributed by atoms with van der Waals surface area (Å²) in [6.07, 6.45) is 1.61. The van der Waals surface area contributed by atoms with Crippen molar-refractivity contribution in [2.24, 2.45) is 0 Å². The molecule has 0 aromatic heterocycles. The van der Waals surface area contributed by atoms with Crippen molar-refractivity contribution in [3.8, 4) is 11.5 Å². The molecule has 1 rings (SSSR count). The summed E-state index contributed by atoms with van der Waals surface area (Å²) in [5, 5.41) is 10.9. The fraction of sp³-hybridized carbons (Fsp3) is 0.500. The molecule has 0 aliphatic heterocycles. The van der Waals surface area contributed by atoms with Gasteiger partial charge in [0.25, 0.3) is 0 Å². The quantitative estimate of drug-likeness (QED) is 0.459. The molecule has 0 radical (unpaired) electrons. The third-order valence-corrected chi connectivity index (χ3v) is 2.21. The maximum atomic E-state index is 10.9. The van der Waals surface area contributed by atoms with E-state index in [-0.39, 0.29) is 17.1 Å². The lowest BCUT2D eigenvalue weighted by Gasteiger charge is -2.11. The van der Waals surface area contributed by atoms with Crippen LogP contribution in [0.5, 0.6) is 11.5 Å². The normalized spacial score (nSPS) is 10.1. The van der Waals surface area contributed by atoms with Crippen LogP contribution < -0.4 is 15.2 Å². The Balaban J connectivity index is 3.05. The third kappa shape index (κ3) is 3.51. The van der Waals surface area contributed by atoms with E-state index < -0.39 is 4.92 Å². The van der Waals surface area contributed by atoms with Crippen molar-refractivity contribution in [3.05, 3.63) is 22.2 Å². The first-order valence-electron chi connectivity index (χ1n) is 5.93. The van der Waals surface area contributed by atoms with E-state index in [0.29, 0.717) is 19.0 Å². The Morgan fingerprint density at radius 2 is 1.72 bits per heavy atom. The lowest BCUT2D eigenvalue weighted by molar-refractivity contribution is -0.385. The minimum absolute atomic E-state index is 0.134. The van der Waals surface area contributed by atoms with Crippen molar-refractivity contribution in [1.82, 2.24) is 0 Å². The largest absolute Gasteiger partial charge is 0.491 e. The van der Waals surface area contributed by atoms with Crippen molar-refractivity contribution in [3.63, 3.8) is 0 Å². The van der Waals surface area contributed by atoms with E-state index in [0.717, 1.165) is 12.8 Å². The standard InChI is InChI=1S/C12H18N2O4/c1-3-5-17-11-8-12(18-6-4-2)10(14(15)16)7-9(11)13/h7-8H,3-6,13H2,1-2H3. The molecule has 0 heterocycles. The second-order valence-electron chi connectivity index (χ2n) is 3.81. The van der Waals surface area contributed by atoms with E-state index in [9.17, 15) is 10.1 Å². The van der Waals surface area contributed by atoms with Crippen LogP contribution >= 0.6 is 0 Å². The van der Waals surface area contributed by atoms with Gasteiger partial charge in [-0.05, 0) is 12.8 Å². The number of nitro benzene ring substituents is 1. The highest BCUT2D eigenvalue weighted by molar-refractivity contribution is 5.64. The number of nitro groups is 1. The molecule has 0 aliphatic rings. The lowest BCUT2D eigenvalue weighted by Crippen LogP contribution is -2.04. The summed E-state index contributed by atoms with van der Waals surface area (Å²) in [5.74, 6) is 0.621. The van der Waals surface area contributed by atoms with Gasteiger partial charge in [0.2, 0.25) is 5.75 Å². The first kappa shape index (κ1) is 14.1. The Hall–Kier alpha value is -1.98. The molecule has 0 saturated carbocycles. The van der Waals surface area contributed by atoms with Crippen LogP contribution in [-0.4, -0.2) is 18.1 Å². The molecule has 6 nitrogen and oxygen atoms in total. The maximum Gasteiger partial charge on any atom is 0.313 e. The van der Waals surface area contributed by atoms with Gasteiger partial charge in [-0.1, -0.05) is 13.8 Å². The minimum atomic E-state index is -0.509. The molecule has 0 unspecified atom stereocenters. The Bertz CT molecular complexity index is 421. The third-order valence-electron chi connectivity index (χ3n) is 2.21. The van der Waals surface area contributed by atoms with Crippen LogP contribution in [-0.2, 0) is 0 Å². The van der Waals surface area contributed by atoms with Crippen molar-refractivity contribution in [2.45, 2.75) is 26.7 Å². The van der Waals surface area contributed by atoms with Gasteiger partial charge in [0.1, 0.15) is 5.75 Å². The molecule has 0 amide bonds. The molecule has 18 heavy (non-hydrogen) atoms. The van der Waals surface area contributed by atoms with Crippen molar-refractivity contribution in [1.29, 1.82) is 0 Å². The summed E-state index contributed by atoms with van der Waals surface area (Å²) in [6, 6.07) is 2.76. The van der Waals surface area contributed by atoms with Crippen LogP contribution in [0.25, 0.3) is 0 Å². The summed E-state index contributed by atoms with van der Waals surface area (Å²) in [6.45, 7) is 4.82. The van der Waals surface area contributed by atoms with Crippen LogP contribution in [0.3, 0.4) is 0 Å². The summed E-state index contributed by atoms with van der Waals surface area (Å²) < 4.78 is 10.8. The molecule has 0 bridgehead atoms. The molecule has 1 aromatic rings. The van der Waals surface area contributed by atoms with Gasteiger partial charge in [-0.15, -0.1) is 0 Å². The Morgan fingerprint density at radius 1 is 1.17 bits per heavy atom. The number of ether oxygens (including phenoxy) is 2. The average Bonchev–Trinajstić information content (AvgIpc) is 2.35. The highest BCUT2D eigenvalue weighted by atomic mass is 16.6. The first-order valence-corrected chi connectivity index (χ1v) is 5.93. The number of nitrogens with zero attached hydrogens (tertiary/aromatic N) is 1. The molecule has 0 atom stereocenters. The van der Waals surface area contributed by atoms with Crippen molar-refractivity contribution in [2.75, 3.05) is 18.9 Å². The predicted molar refractivity (Wildman–Crippen MR) is 69.1 cm³/mol. The molecule has 100 valence electrons. The van der Waals surface area contributed by atoms with Crippen LogP contribution in [0.2, 0.25) is 0 Å². The van der Waals surface area contributed by atoms with E-state index in [1.807, 2.05) is 13.8 Å². The van der Waals surface area contributed by atoms with E-state index >= 15 is 0 Å². The summed E-state index contributed by atoms with van der Waals surface area (Å²) >= 11 is 0. The van der Waals surface area contributed by atoms with Gasteiger partial charge in [-0.2, -0.15) is 0 Å². The Labute approximate surface area is 106 Å². The molecular formula is C12H18N2O4. The van der Waals surface area contributed by atoms with Crippen molar-refractivity contribution >= 4 is 11.4 Å². The molecule has 0 spiro atoms. The van der Waals surface area contributed by atoms with E-state index in [1.54, 1.807) is 0 Å². The van der Waals surface area contributed by atoms with Gasteiger partial charge < -0.3 is 15.2 Å². The van der Waals surface area contributed by atoms with Gasteiger partial charge in [-0.3, -0.25) is 10.1 Å². The highest BCUT2D eigenvalue weighted by Crippen LogP contribution is 2.36. The highest BCUT2D eigenvalue weighted by Gasteiger charge is 2.19.